The van der Waals surface area contributed by atoms with Gasteiger partial charge in [-0.2, -0.15) is 0 Å². The van der Waals surface area contributed by atoms with Gasteiger partial charge in [0.25, 0.3) is 0 Å². The SMILES string of the molecule is CCCP(I)(CCC)(CCC)CC(CO)(CP(I)(CCC)(CCC)CCC)CP(I)(CCC)(CCC)CCC. The van der Waals surface area contributed by atoms with Crippen molar-refractivity contribution in [1.29, 1.82) is 0 Å². The molecule has 0 aromatic heterocycles. The summed E-state index contributed by atoms with van der Waals surface area (Å²) in [5.74, 6) is 0. The summed E-state index contributed by atoms with van der Waals surface area (Å²) in [6.45, 7) is 22.4. The van der Waals surface area contributed by atoms with Gasteiger partial charge in [0.15, 0.2) is 0 Å². The van der Waals surface area contributed by atoms with Crippen molar-refractivity contribution in [3.8, 4) is 0 Å². The molecule has 0 saturated heterocycles. The summed E-state index contributed by atoms with van der Waals surface area (Å²) >= 11 is 9.42. The molecule has 0 aliphatic rings. The molecular formula is C32H72I3OP3. The Labute approximate surface area is 287 Å². The third-order valence-corrected chi connectivity index (χ3v) is 44.1. The van der Waals surface area contributed by atoms with Gasteiger partial charge in [-0.3, -0.25) is 0 Å². The second-order valence-electron chi connectivity index (χ2n) is 14.1. The summed E-state index contributed by atoms with van der Waals surface area (Å²) in [7, 11) is 0. The first-order chi connectivity index (χ1) is 18.1. The number of aliphatic hydroxyl groups is 1. The molecule has 0 unspecified atom stereocenters. The van der Waals surface area contributed by atoms with Crippen LogP contribution in [0.4, 0.5) is 0 Å². The number of hydrogen-bond acceptors (Lipinski definition) is 1. The zero-order valence-electron chi connectivity index (χ0n) is 28.0. The van der Waals surface area contributed by atoms with Crippen molar-refractivity contribution < 1.29 is 5.11 Å². The van der Waals surface area contributed by atoms with E-state index < -0.39 is 12.7 Å². The molecule has 0 radical (unpaired) electrons. The van der Waals surface area contributed by atoms with Crippen molar-refractivity contribution in [2.45, 2.75) is 120 Å². The van der Waals surface area contributed by atoms with Crippen LogP contribution in [-0.2, 0) is 0 Å². The average molecular weight is 947 g/mol. The fourth-order valence-electron chi connectivity index (χ4n) is 9.56. The Morgan fingerprint density at radius 3 is 0.641 bits per heavy atom. The van der Waals surface area contributed by atoms with Crippen LogP contribution in [0, 0.1) is 5.41 Å². The molecule has 39 heavy (non-hydrogen) atoms. The first-order valence-electron chi connectivity index (χ1n) is 16.9. The van der Waals surface area contributed by atoms with Gasteiger partial charge in [-0.05, 0) is 0 Å². The van der Waals surface area contributed by atoms with Gasteiger partial charge in [0.2, 0.25) is 0 Å². The van der Waals surface area contributed by atoms with Crippen LogP contribution in [0.25, 0.3) is 0 Å². The maximum absolute atomic E-state index is 12.0. The predicted octanol–water partition coefficient (Wildman–Crippen LogP) is 13.4. The van der Waals surface area contributed by atoms with Gasteiger partial charge in [0.1, 0.15) is 0 Å². The molecular weight excluding hydrogens is 874 g/mol. The molecule has 0 aliphatic carbocycles. The fourth-order valence-corrected chi connectivity index (χ4v) is 49.1. The van der Waals surface area contributed by atoms with E-state index in [2.05, 4.69) is 128 Å². The number of hydrogen-bond donors (Lipinski definition) is 1. The summed E-state index contributed by atoms with van der Waals surface area (Å²) in [5, 5.41) is 12.0. The molecule has 0 amide bonds. The average Bonchev–Trinajstić information content (AvgIpc) is 2.80. The van der Waals surface area contributed by atoms with E-state index in [0.29, 0.717) is 6.61 Å². The molecule has 242 valence electrons. The van der Waals surface area contributed by atoms with Crippen molar-refractivity contribution in [1.82, 2.24) is 0 Å². The van der Waals surface area contributed by atoms with Gasteiger partial charge in [0.05, 0.1) is 0 Å². The van der Waals surface area contributed by atoms with E-state index in [0.717, 1.165) is 0 Å². The van der Waals surface area contributed by atoms with Crippen LogP contribution in [0.1, 0.15) is 120 Å². The van der Waals surface area contributed by atoms with E-state index in [1.807, 2.05) is 0 Å². The normalized spacial score (nSPS) is 17.9. The summed E-state index contributed by atoms with van der Waals surface area (Å²) in [5.41, 5.74) is 0.0928. The van der Waals surface area contributed by atoms with Gasteiger partial charge in [0, 0.05) is 0 Å². The van der Waals surface area contributed by atoms with E-state index in [-0.39, 0.29) is 5.41 Å². The van der Waals surface area contributed by atoms with E-state index in [4.69, 9.17) is 0 Å². The van der Waals surface area contributed by atoms with Gasteiger partial charge in [-0.15, -0.1) is 0 Å². The molecule has 0 bridgehead atoms. The van der Waals surface area contributed by atoms with E-state index >= 15 is 0 Å². The Bertz CT molecular complexity index is 554. The first-order valence-corrected chi connectivity index (χ1v) is 34.2. The standard InChI is InChI=1S/C32H72I3OP3/c1-10-19-37(33,20-11-2,21-12-3)29-32(28-36,30-38(34,22-13-4,23-14-5)24-15-6)31-39(35,25-16-7,26-17-8)27-18-9/h36H,10-31H2,1-9H3. The van der Waals surface area contributed by atoms with Crippen molar-refractivity contribution in [2.24, 2.45) is 5.41 Å². The summed E-state index contributed by atoms with van der Waals surface area (Å²) in [4.78, 5) is 0. The zero-order valence-corrected chi connectivity index (χ0v) is 37.1. The molecule has 0 fully saturated rings. The Morgan fingerprint density at radius 1 is 0.385 bits per heavy atom. The molecule has 0 saturated carbocycles. The maximum atomic E-state index is 12.0. The second kappa shape index (κ2) is 18.0. The van der Waals surface area contributed by atoms with Crippen LogP contribution in [0.15, 0.2) is 0 Å². The van der Waals surface area contributed by atoms with E-state index in [1.165, 1.54) is 132 Å². The predicted molar refractivity (Wildman–Crippen MR) is 223 cm³/mol. The fraction of sp³-hybridized carbons (Fsp3) is 1.00. The van der Waals surface area contributed by atoms with Crippen LogP contribution in [-0.4, -0.2) is 85.7 Å². The van der Waals surface area contributed by atoms with Crippen LogP contribution in [0.2, 0.25) is 0 Å². The Hall–Kier alpha value is 3.44. The zero-order chi connectivity index (χ0) is 30.4. The minimum absolute atomic E-state index is 0.0928. The molecule has 0 aliphatic heterocycles. The molecule has 0 atom stereocenters. The van der Waals surface area contributed by atoms with Crippen molar-refractivity contribution in [3.63, 3.8) is 0 Å². The van der Waals surface area contributed by atoms with Gasteiger partial charge in [-0.1, -0.05) is 0 Å². The van der Waals surface area contributed by atoms with Crippen LogP contribution < -0.4 is 0 Å². The van der Waals surface area contributed by atoms with Gasteiger partial charge >= 0.3 is 290 Å². The van der Waals surface area contributed by atoms with Crippen molar-refractivity contribution >= 4 is 78.9 Å². The van der Waals surface area contributed by atoms with Crippen LogP contribution >= 0.6 is 78.9 Å². The molecule has 0 heterocycles. The summed E-state index contributed by atoms with van der Waals surface area (Å²) in [6.07, 6.45) is 28.7. The number of halogens is 3. The summed E-state index contributed by atoms with van der Waals surface area (Å²) in [6, 6.07) is 0. The molecule has 0 aromatic rings. The number of rotatable bonds is 25. The molecule has 1 nitrogen and oxygen atoms in total. The van der Waals surface area contributed by atoms with Crippen LogP contribution in [0.3, 0.4) is 0 Å². The minimum atomic E-state index is -2.02. The second-order valence-corrected chi connectivity index (χ2v) is 54.6. The third kappa shape index (κ3) is 12.3. The molecule has 0 aromatic carbocycles. The quantitative estimate of drug-likeness (QED) is 0.0714. The third-order valence-electron chi connectivity index (χ3n) is 9.57. The molecule has 0 rings (SSSR count). The molecule has 0 spiro atoms. The van der Waals surface area contributed by atoms with E-state index in [1.54, 1.807) is 0 Å². The topological polar surface area (TPSA) is 20.2 Å². The monoisotopic (exact) mass is 946 g/mol. The Morgan fingerprint density at radius 2 is 0.538 bits per heavy atom. The molecule has 7 heteroatoms. The number of aliphatic hydroxyl groups excluding tert-OH is 1. The van der Waals surface area contributed by atoms with E-state index in [9.17, 15) is 5.11 Å². The first kappa shape index (κ1) is 42.4. The van der Waals surface area contributed by atoms with Crippen molar-refractivity contribution in [2.75, 3.05) is 80.5 Å². The Kier molecular flexibility index (Phi) is 19.5. The van der Waals surface area contributed by atoms with Crippen LogP contribution in [0.5, 0.6) is 0 Å². The molecule has 1 N–H and O–H groups in total. The summed E-state index contributed by atoms with van der Waals surface area (Å²) < 4.78 is -6.05. The van der Waals surface area contributed by atoms with Gasteiger partial charge < -0.3 is 0 Å². The Balaban J connectivity index is 7.64. The van der Waals surface area contributed by atoms with Crippen molar-refractivity contribution in [3.05, 3.63) is 0 Å². The van der Waals surface area contributed by atoms with Gasteiger partial charge in [-0.25, -0.2) is 0 Å².